The number of carbonyl (C=O) groups is 1. The van der Waals surface area contributed by atoms with Crippen molar-refractivity contribution in [2.75, 3.05) is 24.7 Å². The lowest BCUT2D eigenvalue weighted by Crippen LogP contribution is -2.31. The molecule has 0 aromatic heterocycles. The van der Waals surface area contributed by atoms with Gasteiger partial charge in [-0.05, 0) is 36.8 Å². The molecular formula is C18H22N2O4S. The molecule has 6 nitrogen and oxygen atoms in total. The van der Waals surface area contributed by atoms with Crippen molar-refractivity contribution in [2.45, 2.75) is 13.0 Å². The van der Waals surface area contributed by atoms with Gasteiger partial charge in [-0.25, -0.2) is 8.42 Å². The molecule has 7 heteroatoms. The van der Waals surface area contributed by atoms with Gasteiger partial charge >= 0.3 is 0 Å². The minimum Gasteiger partial charge on any atom is -0.497 e. The van der Waals surface area contributed by atoms with E-state index >= 15 is 0 Å². The predicted octanol–water partition coefficient (Wildman–Crippen LogP) is 2.58. The summed E-state index contributed by atoms with van der Waals surface area (Å²) >= 11 is 0. The highest BCUT2D eigenvalue weighted by Gasteiger charge is 2.20. The lowest BCUT2D eigenvalue weighted by atomic mass is 10.1. The molecule has 0 saturated heterocycles. The van der Waals surface area contributed by atoms with Crippen LogP contribution >= 0.6 is 0 Å². The molecular weight excluding hydrogens is 340 g/mol. The van der Waals surface area contributed by atoms with Gasteiger partial charge in [0, 0.05) is 7.05 Å². The highest BCUT2D eigenvalue weighted by atomic mass is 32.2. The van der Waals surface area contributed by atoms with Crippen LogP contribution in [0.5, 0.6) is 5.75 Å². The normalized spacial score (nSPS) is 12.3. The van der Waals surface area contributed by atoms with E-state index < -0.39 is 10.0 Å². The van der Waals surface area contributed by atoms with Crippen LogP contribution in [0.3, 0.4) is 0 Å². The number of amides is 1. The van der Waals surface area contributed by atoms with Gasteiger partial charge in [0.05, 0.1) is 30.7 Å². The monoisotopic (exact) mass is 362 g/mol. The van der Waals surface area contributed by atoms with E-state index in [9.17, 15) is 13.2 Å². The fourth-order valence-electron chi connectivity index (χ4n) is 2.37. The van der Waals surface area contributed by atoms with Gasteiger partial charge in [0.1, 0.15) is 5.75 Å². The van der Waals surface area contributed by atoms with E-state index in [1.54, 1.807) is 31.4 Å². The maximum Gasteiger partial charge on any atom is 0.253 e. The van der Waals surface area contributed by atoms with Gasteiger partial charge in [0.15, 0.2) is 0 Å². The Morgan fingerprint density at radius 2 is 1.72 bits per heavy atom. The molecule has 0 bridgehead atoms. The van der Waals surface area contributed by atoms with E-state index in [-0.39, 0.29) is 11.9 Å². The molecule has 1 atom stereocenters. The first kappa shape index (κ1) is 18.8. The summed E-state index contributed by atoms with van der Waals surface area (Å²) in [5.74, 6) is 0.400. The summed E-state index contributed by atoms with van der Waals surface area (Å²) in [6.45, 7) is 1.86. The molecule has 0 spiro atoms. The Labute approximate surface area is 148 Å². The number of hydrogen-bond donors (Lipinski definition) is 1. The number of methoxy groups -OCH3 is 1. The van der Waals surface area contributed by atoms with Crippen LogP contribution in [0.25, 0.3) is 0 Å². The molecule has 0 aliphatic carbocycles. The average molecular weight is 362 g/mol. The SMILES string of the molecule is COc1ccc([C@@H](C)NC(=O)c2ccccc2N(C)S(C)(=O)=O)cc1. The first-order valence-corrected chi connectivity index (χ1v) is 9.56. The third-order valence-corrected chi connectivity index (χ3v) is 5.14. The zero-order valence-electron chi connectivity index (χ0n) is 14.7. The molecule has 0 fully saturated rings. The van der Waals surface area contributed by atoms with Gasteiger partial charge in [-0.15, -0.1) is 0 Å². The fraction of sp³-hybridized carbons (Fsp3) is 0.278. The van der Waals surface area contributed by atoms with Crippen molar-refractivity contribution in [1.82, 2.24) is 5.32 Å². The fourth-order valence-corrected chi connectivity index (χ4v) is 2.89. The summed E-state index contributed by atoms with van der Waals surface area (Å²) < 4.78 is 29.8. The molecule has 2 aromatic rings. The largest absolute Gasteiger partial charge is 0.497 e. The predicted molar refractivity (Wildman–Crippen MR) is 98.6 cm³/mol. The first-order valence-electron chi connectivity index (χ1n) is 7.71. The van der Waals surface area contributed by atoms with E-state index in [4.69, 9.17) is 4.74 Å². The van der Waals surface area contributed by atoms with Gasteiger partial charge in [0.25, 0.3) is 5.91 Å². The number of rotatable bonds is 6. The minimum absolute atomic E-state index is 0.241. The number of benzene rings is 2. The van der Waals surface area contributed by atoms with Crippen LogP contribution < -0.4 is 14.4 Å². The van der Waals surface area contributed by atoms with E-state index in [1.165, 1.54) is 7.05 Å². The van der Waals surface area contributed by atoms with Crippen molar-refractivity contribution in [2.24, 2.45) is 0 Å². The summed E-state index contributed by atoms with van der Waals surface area (Å²) in [5, 5.41) is 2.90. The summed E-state index contributed by atoms with van der Waals surface area (Å²) in [7, 11) is -0.443. The Morgan fingerprint density at radius 1 is 1.12 bits per heavy atom. The number of carbonyl (C=O) groups excluding carboxylic acids is 1. The molecule has 1 amide bonds. The van der Waals surface area contributed by atoms with Gasteiger partial charge in [-0.3, -0.25) is 9.10 Å². The van der Waals surface area contributed by atoms with E-state index in [0.717, 1.165) is 21.9 Å². The van der Waals surface area contributed by atoms with E-state index in [2.05, 4.69) is 5.32 Å². The number of ether oxygens (including phenoxy) is 1. The molecule has 2 rings (SSSR count). The van der Waals surface area contributed by atoms with Crippen LogP contribution in [-0.2, 0) is 10.0 Å². The maximum absolute atomic E-state index is 12.6. The second kappa shape index (κ2) is 7.57. The van der Waals surface area contributed by atoms with Crippen LogP contribution in [0.1, 0.15) is 28.9 Å². The highest BCUT2D eigenvalue weighted by Crippen LogP contribution is 2.23. The van der Waals surface area contributed by atoms with Crippen molar-refractivity contribution in [1.29, 1.82) is 0 Å². The maximum atomic E-state index is 12.6. The Balaban J connectivity index is 2.23. The zero-order valence-corrected chi connectivity index (χ0v) is 15.5. The second-order valence-electron chi connectivity index (χ2n) is 5.72. The number of para-hydroxylation sites is 1. The number of nitrogens with zero attached hydrogens (tertiary/aromatic N) is 1. The lowest BCUT2D eigenvalue weighted by molar-refractivity contribution is 0.0940. The number of nitrogens with one attached hydrogen (secondary N) is 1. The van der Waals surface area contributed by atoms with Crippen molar-refractivity contribution in [3.63, 3.8) is 0 Å². The molecule has 0 aliphatic rings. The summed E-state index contributed by atoms with van der Waals surface area (Å²) in [4.78, 5) is 12.6. The standard InChI is InChI=1S/C18H22N2O4S/c1-13(14-9-11-15(24-3)12-10-14)19-18(21)16-7-5-6-8-17(16)20(2)25(4,22)23/h5-13H,1-4H3,(H,19,21)/t13-/m1/s1. The molecule has 0 heterocycles. The zero-order chi connectivity index (χ0) is 18.6. The van der Waals surface area contributed by atoms with Crippen molar-refractivity contribution < 1.29 is 17.9 Å². The highest BCUT2D eigenvalue weighted by molar-refractivity contribution is 7.92. The number of hydrogen-bond acceptors (Lipinski definition) is 4. The summed E-state index contributed by atoms with van der Waals surface area (Å²) in [5.41, 5.74) is 1.56. The molecule has 0 radical (unpaired) electrons. The molecule has 25 heavy (non-hydrogen) atoms. The van der Waals surface area contributed by atoms with Crippen LogP contribution in [0.2, 0.25) is 0 Å². The van der Waals surface area contributed by atoms with Gasteiger partial charge < -0.3 is 10.1 Å². The Hall–Kier alpha value is -2.54. The summed E-state index contributed by atoms with van der Waals surface area (Å²) in [6.07, 6.45) is 1.10. The average Bonchev–Trinajstić information content (AvgIpc) is 2.60. The van der Waals surface area contributed by atoms with Gasteiger partial charge in [-0.1, -0.05) is 24.3 Å². The molecule has 0 aliphatic heterocycles. The third kappa shape index (κ3) is 4.51. The molecule has 0 unspecified atom stereocenters. The van der Waals surface area contributed by atoms with Crippen LogP contribution in [-0.4, -0.2) is 34.7 Å². The minimum atomic E-state index is -3.46. The topological polar surface area (TPSA) is 75.7 Å². The van der Waals surface area contributed by atoms with Crippen LogP contribution in [0, 0.1) is 0 Å². The second-order valence-corrected chi connectivity index (χ2v) is 7.73. The van der Waals surface area contributed by atoms with Gasteiger partial charge in [0.2, 0.25) is 10.0 Å². The molecule has 0 saturated carbocycles. The Kier molecular flexibility index (Phi) is 5.69. The Morgan fingerprint density at radius 3 is 2.28 bits per heavy atom. The summed E-state index contributed by atoms with van der Waals surface area (Å²) in [6, 6.07) is 13.8. The molecule has 2 aromatic carbocycles. The first-order chi connectivity index (χ1) is 11.7. The number of anilines is 1. The third-order valence-electron chi connectivity index (χ3n) is 3.95. The molecule has 134 valence electrons. The molecule has 1 N–H and O–H groups in total. The smallest absolute Gasteiger partial charge is 0.253 e. The Bertz CT molecular complexity index is 848. The van der Waals surface area contributed by atoms with E-state index in [0.29, 0.717) is 11.3 Å². The van der Waals surface area contributed by atoms with Crippen molar-refractivity contribution >= 4 is 21.6 Å². The quantitative estimate of drug-likeness (QED) is 0.857. The van der Waals surface area contributed by atoms with Crippen LogP contribution in [0.4, 0.5) is 5.69 Å². The number of sulfonamides is 1. The van der Waals surface area contributed by atoms with E-state index in [1.807, 2.05) is 31.2 Å². The van der Waals surface area contributed by atoms with Crippen molar-refractivity contribution in [3.8, 4) is 5.75 Å². The van der Waals surface area contributed by atoms with Crippen LogP contribution in [0.15, 0.2) is 48.5 Å². The van der Waals surface area contributed by atoms with Gasteiger partial charge in [-0.2, -0.15) is 0 Å². The lowest BCUT2D eigenvalue weighted by Gasteiger charge is -2.21. The van der Waals surface area contributed by atoms with Crippen molar-refractivity contribution in [3.05, 3.63) is 59.7 Å².